The SMILES string of the molecule is CCC(CC)(CC(=O)O)NC(=O)CCC1CCCC1. The van der Waals surface area contributed by atoms with Gasteiger partial charge in [0.2, 0.25) is 5.91 Å². The molecule has 1 rings (SSSR count). The first-order valence-corrected chi connectivity index (χ1v) is 7.54. The minimum Gasteiger partial charge on any atom is -0.481 e. The van der Waals surface area contributed by atoms with Crippen LogP contribution in [0.2, 0.25) is 0 Å². The number of aliphatic carboxylic acids is 1. The molecule has 4 heteroatoms. The van der Waals surface area contributed by atoms with Gasteiger partial charge < -0.3 is 10.4 Å². The standard InChI is InChI=1S/C15H27NO3/c1-3-15(4-2,11-14(18)19)16-13(17)10-9-12-7-5-6-8-12/h12H,3-11H2,1-2H3,(H,16,17)(H,18,19). The van der Waals surface area contributed by atoms with Crippen LogP contribution in [0, 0.1) is 5.92 Å². The fraction of sp³-hybridized carbons (Fsp3) is 0.867. The molecule has 0 saturated heterocycles. The second kappa shape index (κ2) is 7.51. The van der Waals surface area contributed by atoms with Crippen LogP contribution >= 0.6 is 0 Å². The van der Waals surface area contributed by atoms with Crippen molar-refractivity contribution in [3.05, 3.63) is 0 Å². The van der Waals surface area contributed by atoms with Gasteiger partial charge >= 0.3 is 5.97 Å². The summed E-state index contributed by atoms with van der Waals surface area (Å²) < 4.78 is 0. The van der Waals surface area contributed by atoms with Crippen LogP contribution in [0.1, 0.15) is 71.6 Å². The number of nitrogens with one attached hydrogen (secondary N) is 1. The molecule has 0 aromatic carbocycles. The average Bonchev–Trinajstić information content (AvgIpc) is 2.88. The first kappa shape index (κ1) is 16.0. The Morgan fingerprint density at radius 1 is 1.21 bits per heavy atom. The van der Waals surface area contributed by atoms with Crippen molar-refractivity contribution in [2.45, 2.75) is 77.2 Å². The Kier molecular flexibility index (Phi) is 6.32. The van der Waals surface area contributed by atoms with Crippen LogP contribution in [0.15, 0.2) is 0 Å². The third-order valence-electron chi connectivity index (χ3n) is 4.50. The molecule has 0 unspecified atom stereocenters. The Labute approximate surface area is 116 Å². The van der Waals surface area contributed by atoms with Crippen LogP contribution < -0.4 is 5.32 Å². The molecule has 0 aromatic heterocycles. The second-order valence-electron chi connectivity index (χ2n) is 5.80. The molecule has 1 aliphatic rings. The Balaban J connectivity index is 2.43. The third-order valence-corrected chi connectivity index (χ3v) is 4.50. The van der Waals surface area contributed by atoms with Crippen molar-refractivity contribution >= 4 is 11.9 Å². The summed E-state index contributed by atoms with van der Waals surface area (Å²) in [6.07, 6.45) is 7.88. The number of carbonyl (C=O) groups excluding carboxylic acids is 1. The summed E-state index contributed by atoms with van der Waals surface area (Å²) in [4.78, 5) is 22.9. The van der Waals surface area contributed by atoms with Gasteiger partial charge in [-0.05, 0) is 25.2 Å². The van der Waals surface area contributed by atoms with Crippen molar-refractivity contribution in [3.8, 4) is 0 Å². The van der Waals surface area contributed by atoms with Gasteiger partial charge in [-0.25, -0.2) is 0 Å². The molecule has 1 saturated carbocycles. The van der Waals surface area contributed by atoms with Crippen molar-refractivity contribution in [2.75, 3.05) is 0 Å². The van der Waals surface area contributed by atoms with Gasteiger partial charge in [0, 0.05) is 12.0 Å². The highest BCUT2D eigenvalue weighted by Crippen LogP contribution is 2.28. The molecule has 0 heterocycles. The van der Waals surface area contributed by atoms with E-state index in [0.717, 1.165) is 6.42 Å². The molecule has 0 aliphatic heterocycles. The summed E-state index contributed by atoms with van der Waals surface area (Å²) >= 11 is 0. The Morgan fingerprint density at radius 3 is 2.26 bits per heavy atom. The van der Waals surface area contributed by atoms with E-state index in [2.05, 4.69) is 5.32 Å². The van der Waals surface area contributed by atoms with E-state index < -0.39 is 11.5 Å². The molecular formula is C15H27NO3. The highest BCUT2D eigenvalue weighted by molar-refractivity contribution is 5.78. The summed E-state index contributed by atoms with van der Waals surface area (Å²) in [5, 5.41) is 11.9. The maximum Gasteiger partial charge on any atom is 0.305 e. The van der Waals surface area contributed by atoms with E-state index in [9.17, 15) is 9.59 Å². The van der Waals surface area contributed by atoms with Crippen LogP contribution in [0.4, 0.5) is 0 Å². The minimum absolute atomic E-state index is 0.00910. The molecule has 1 aliphatic carbocycles. The highest BCUT2D eigenvalue weighted by atomic mass is 16.4. The molecule has 2 N–H and O–H groups in total. The summed E-state index contributed by atoms with van der Waals surface area (Å²) in [5.74, 6) is -0.139. The lowest BCUT2D eigenvalue weighted by molar-refractivity contribution is -0.139. The van der Waals surface area contributed by atoms with Gasteiger partial charge in [-0.2, -0.15) is 0 Å². The average molecular weight is 269 g/mol. The van der Waals surface area contributed by atoms with E-state index in [-0.39, 0.29) is 12.3 Å². The topological polar surface area (TPSA) is 66.4 Å². The summed E-state index contributed by atoms with van der Waals surface area (Å²) in [6.45, 7) is 3.87. The monoisotopic (exact) mass is 269 g/mol. The molecule has 4 nitrogen and oxygen atoms in total. The van der Waals surface area contributed by atoms with Crippen molar-refractivity contribution in [1.82, 2.24) is 5.32 Å². The zero-order chi connectivity index (χ0) is 14.3. The maximum absolute atomic E-state index is 12.0. The molecule has 0 radical (unpaired) electrons. The fourth-order valence-corrected chi connectivity index (χ4v) is 3.00. The Bertz CT molecular complexity index is 305. The summed E-state index contributed by atoms with van der Waals surface area (Å²) in [7, 11) is 0. The van der Waals surface area contributed by atoms with Gasteiger partial charge in [0.05, 0.1) is 6.42 Å². The number of rotatable bonds is 8. The maximum atomic E-state index is 12.0. The molecule has 1 amide bonds. The van der Waals surface area contributed by atoms with E-state index in [0.29, 0.717) is 25.2 Å². The molecular weight excluding hydrogens is 242 g/mol. The summed E-state index contributed by atoms with van der Waals surface area (Å²) in [5.41, 5.74) is -0.571. The Morgan fingerprint density at radius 2 is 1.79 bits per heavy atom. The van der Waals surface area contributed by atoms with Gasteiger partial charge in [0.1, 0.15) is 0 Å². The molecule has 0 atom stereocenters. The van der Waals surface area contributed by atoms with Crippen molar-refractivity contribution in [2.24, 2.45) is 5.92 Å². The third kappa shape index (κ3) is 5.21. The normalized spacial score (nSPS) is 16.5. The number of amides is 1. The zero-order valence-electron chi connectivity index (χ0n) is 12.2. The van der Waals surface area contributed by atoms with Crippen LogP contribution in [0.25, 0.3) is 0 Å². The van der Waals surface area contributed by atoms with Crippen LogP contribution in [-0.2, 0) is 9.59 Å². The quantitative estimate of drug-likeness (QED) is 0.711. The van der Waals surface area contributed by atoms with Crippen molar-refractivity contribution < 1.29 is 14.7 Å². The zero-order valence-corrected chi connectivity index (χ0v) is 12.2. The number of carboxylic acid groups (broad SMARTS) is 1. The van der Waals surface area contributed by atoms with Gasteiger partial charge in [-0.15, -0.1) is 0 Å². The highest BCUT2D eigenvalue weighted by Gasteiger charge is 2.31. The van der Waals surface area contributed by atoms with E-state index in [4.69, 9.17) is 5.11 Å². The number of carboxylic acids is 1. The van der Waals surface area contributed by atoms with Gasteiger partial charge in [-0.3, -0.25) is 9.59 Å². The smallest absolute Gasteiger partial charge is 0.305 e. The van der Waals surface area contributed by atoms with Gasteiger partial charge in [0.15, 0.2) is 0 Å². The molecule has 0 bridgehead atoms. The van der Waals surface area contributed by atoms with Crippen molar-refractivity contribution in [3.63, 3.8) is 0 Å². The van der Waals surface area contributed by atoms with Crippen LogP contribution in [0.5, 0.6) is 0 Å². The number of hydrogen-bond acceptors (Lipinski definition) is 2. The number of carbonyl (C=O) groups is 2. The largest absolute Gasteiger partial charge is 0.481 e. The van der Waals surface area contributed by atoms with E-state index in [1.165, 1.54) is 25.7 Å². The second-order valence-corrected chi connectivity index (χ2v) is 5.80. The summed E-state index contributed by atoms with van der Waals surface area (Å²) in [6, 6.07) is 0. The molecule has 19 heavy (non-hydrogen) atoms. The lowest BCUT2D eigenvalue weighted by Crippen LogP contribution is -2.49. The van der Waals surface area contributed by atoms with E-state index in [1.54, 1.807) is 0 Å². The van der Waals surface area contributed by atoms with Crippen molar-refractivity contribution in [1.29, 1.82) is 0 Å². The first-order chi connectivity index (χ1) is 9.01. The Hall–Kier alpha value is -1.06. The molecule has 110 valence electrons. The predicted molar refractivity (Wildman–Crippen MR) is 74.9 cm³/mol. The predicted octanol–water partition coefficient (Wildman–Crippen LogP) is 3.11. The van der Waals surface area contributed by atoms with E-state index >= 15 is 0 Å². The fourth-order valence-electron chi connectivity index (χ4n) is 3.00. The molecule has 1 fully saturated rings. The number of hydrogen-bond donors (Lipinski definition) is 2. The van der Waals surface area contributed by atoms with Crippen LogP contribution in [0.3, 0.4) is 0 Å². The van der Waals surface area contributed by atoms with Gasteiger partial charge in [0.25, 0.3) is 0 Å². The minimum atomic E-state index is -0.847. The molecule has 0 aromatic rings. The van der Waals surface area contributed by atoms with Gasteiger partial charge in [-0.1, -0.05) is 39.5 Å². The molecule has 0 spiro atoms. The lowest BCUT2D eigenvalue weighted by atomic mass is 9.88. The van der Waals surface area contributed by atoms with Crippen LogP contribution in [-0.4, -0.2) is 22.5 Å². The first-order valence-electron chi connectivity index (χ1n) is 7.54. The lowest BCUT2D eigenvalue weighted by Gasteiger charge is -2.31. The van der Waals surface area contributed by atoms with E-state index in [1.807, 2.05) is 13.8 Å².